The van der Waals surface area contributed by atoms with E-state index in [0.717, 1.165) is 17.0 Å². The first kappa shape index (κ1) is 17.6. The van der Waals surface area contributed by atoms with Gasteiger partial charge in [-0.2, -0.15) is 0 Å². The molecule has 0 spiro atoms. The second-order valence-electron chi connectivity index (χ2n) is 5.28. The van der Waals surface area contributed by atoms with Gasteiger partial charge in [-0.3, -0.25) is 0 Å². The first-order chi connectivity index (χ1) is 12.2. The van der Waals surface area contributed by atoms with Crippen molar-refractivity contribution < 1.29 is 9.47 Å². The first-order valence-electron chi connectivity index (χ1n) is 7.88. The fraction of sp³-hybridized carbons (Fsp3) is 0.211. The van der Waals surface area contributed by atoms with Gasteiger partial charge in [-0.25, -0.2) is 4.99 Å². The SMILES string of the molecule is CCn1c(-c2ccccc2)csc1=Nc1cc(OC)c(Cl)cc1OC. The van der Waals surface area contributed by atoms with Crippen LogP contribution in [-0.2, 0) is 6.54 Å². The van der Waals surface area contributed by atoms with Gasteiger partial charge in [0.15, 0.2) is 4.80 Å². The summed E-state index contributed by atoms with van der Waals surface area (Å²) in [4.78, 5) is 5.69. The highest BCUT2D eigenvalue weighted by Gasteiger charge is 2.11. The molecule has 0 saturated carbocycles. The van der Waals surface area contributed by atoms with Crippen LogP contribution in [0, 0.1) is 0 Å². The molecular formula is C19H19ClN2O2S. The van der Waals surface area contributed by atoms with Crippen molar-refractivity contribution >= 4 is 28.6 Å². The third-order valence-electron chi connectivity index (χ3n) is 3.85. The van der Waals surface area contributed by atoms with Crippen LogP contribution in [0.3, 0.4) is 0 Å². The lowest BCUT2D eigenvalue weighted by Gasteiger charge is -2.09. The predicted molar refractivity (Wildman–Crippen MR) is 103 cm³/mol. The van der Waals surface area contributed by atoms with Crippen LogP contribution in [0.2, 0.25) is 5.02 Å². The molecule has 0 saturated heterocycles. The number of hydrogen-bond donors (Lipinski definition) is 0. The van der Waals surface area contributed by atoms with Crippen LogP contribution in [0.5, 0.6) is 11.5 Å². The van der Waals surface area contributed by atoms with Gasteiger partial charge in [0.1, 0.15) is 17.2 Å². The van der Waals surface area contributed by atoms with Crippen LogP contribution < -0.4 is 14.3 Å². The molecule has 0 fully saturated rings. The van der Waals surface area contributed by atoms with E-state index >= 15 is 0 Å². The van der Waals surface area contributed by atoms with Gasteiger partial charge in [0.25, 0.3) is 0 Å². The molecule has 0 aliphatic rings. The normalized spacial score (nSPS) is 11.6. The minimum absolute atomic E-state index is 0.498. The molecule has 3 rings (SSSR count). The molecular weight excluding hydrogens is 356 g/mol. The molecule has 0 radical (unpaired) electrons. The fourth-order valence-electron chi connectivity index (χ4n) is 2.60. The van der Waals surface area contributed by atoms with E-state index in [4.69, 9.17) is 26.1 Å². The van der Waals surface area contributed by atoms with E-state index in [9.17, 15) is 0 Å². The summed E-state index contributed by atoms with van der Waals surface area (Å²) in [6.07, 6.45) is 0. The van der Waals surface area contributed by atoms with Gasteiger partial charge < -0.3 is 14.0 Å². The third-order valence-corrected chi connectivity index (χ3v) is 5.01. The summed E-state index contributed by atoms with van der Waals surface area (Å²) >= 11 is 7.77. The zero-order chi connectivity index (χ0) is 17.8. The summed E-state index contributed by atoms with van der Waals surface area (Å²) in [5.74, 6) is 1.19. The zero-order valence-electron chi connectivity index (χ0n) is 14.3. The molecule has 0 N–H and O–H groups in total. The Morgan fingerprint density at radius 2 is 1.80 bits per heavy atom. The number of thiazole rings is 1. The molecule has 3 aromatic rings. The smallest absolute Gasteiger partial charge is 0.190 e. The van der Waals surface area contributed by atoms with Crippen molar-refractivity contribution in [3.63, 3.8) is 0 Å². The number of ether oxygens (including phenoxy) is 2. The lowest BCUT2D eigenvalue weighted by atomic mass is 10.2. The van der Waals surface area contributed by atoms with E-state index in [1.54, 1.807) is 37.7 Å². The van der Waals surface area contributed by atoms with E-state index in [-0.39, 0.29) is 0 Å². The van der Waals surface area contributed by atoms with Gasteiger partial charge in [-0.05, 0) is 12.5 Å². The van der Waals surface area contributed by atoms with Crippen LogP contribution in [0.1, 0.15) is 6.92 Å². The van der Waals surface area contributed by atoms with Crippen molar-refractivity contribution in [3.8, 4) is 22.8 Å². The zero-order valence-corrected chi connectivity index (χ0v) is 15.9. The van der Waals surface area contributed by atoms with Gasteiger partial charge in [0.2, 0.25) is 0 Å². The molecule has 0 bridgehead atoms. The second kappa shape index (κ2) is 7.76. The Kier molecular flexibility index (Phi) is 5.46. The Hall–Kier alpha value is -2.24. The highest BCUT2D eigenvalue weighted by Crippen LogP contribution is 2.37. The van der Waals surface area contributed by atoms with Gasteiger partial charge in [0, 0.05) is 24.1 Å². The van der Waals surface area contributed by atoms with E-state index in [2.05, 4.69) is 29.0 Å². The maximum absolute atomic E-state index is 6.18. The third kappa shape index (κ3) is 3.57. The molecule has 1 heterocycles. The molecule has 6 heteroatoms. The lowest BCUT2D eigenvalue weighted by Crippen LogP contribution is -2.14. The number of aromatic nitrogens is 1. The van der Waals surface area contributed by atoms with Gasteiger partial charge >= 0.3 is 0 Å². The largest absolute Gasteiger partial charge is 0.495 e. The van der Waals surface area contributed by atoms with E-state index in [0.29, 0.717) is 22.2 Å². The van der Waals surface area contributed by atoms with Crippen LogP contribution >= 0.6 is 22.9 Å². The highest BCUT2D eigenvalue weighted by atomic mass is 35.5. The molecule has 130 valence electrons. The van der Waals surface area contributed by atoms with Crippen LogP contribution in [0.15, 0.2) is 52.8 Å². The first-order valence-corrected chi connectivity index (χ1v) is 9.13. The minimum Gasteiger partial charge on any atom is -0.495 e. The van der Waals surface area contributed by atoms with Gasteiger partial charge in [-0.1, -0.05) is 41.9 Å². The average molecular weight is 375 g/mol. The topological polar surface area (TPSA) is 35.8 Å². The minimum atomic E-state index is 0.498. The highest BCUT2D eigenvalue weighted by molar-refractivity contribution is 7.07. The van der Waals surface area contributed by atoms with Crippen LogP contribution in [0.4, 0.5) is 5.69 Å². The molecule has 0 aliphatic carbocycles. The Morgan fingerprint density at radius 1 is 1.08 bits per heavy atom. The number of benzene rings is 2. The van der Waals surface area contributed by atoms with E-state index in [1.165, 1.54) is 5.56 Å². The Balaban J connectivity index is 2.16. The average Bonchev–Trinajstić information content (AvgIpc) is 3.06. The Labute approximate surface area is 156 Å². The second-order valence-corrected chi connectivity index (χ2v) is 6.53. The molecule has 0 unspecified atom stereocenters. The standard InChI is InChI=1S/C19H19ClN2O2S/c1-4-22-16(13-8-6-5-7-9-13)12-25-19(22)21-15-11-17(23-2)14(20)10-18(15)24-3/h5-12H,4H2,1-3H3. The van der Waals surface area contributed by atoms with Crippen molar-refractivity contribution in [1.82, 2.24) is 4.57 Å². The van der Waals surface area contributed by atoms with Gasteiger partial charge in [-0.15, -0.1) is 11.3 Å². The quantitative estimate of drug-likeness (QED) is 0.619. The molecule has 0 atom stereocenters. The van der Waals surface area contributed by atoms with Crippen molar-refractivity contribution in [3.05, 3.63) is 57.7 Å². The molecule has 4 nitrogen and oxygen atoms in total. The van der Waals surface area contributed by atoms with E-state index in [1.807, 2.05) is 18.2 Å². The van der Waals surface area contributed by atoms with Crippen molar-refractivity contribution in [2.75, 3.05) is 14.2 Å². The summed E-state index contributed by atoms with van der Waals surface area (Å²) in [6.45, 7) is 2.93. The number of nitrogens with zero attached hydrogens (tertiary/aromatic N) is 2. The summed E-state index contributed by atoms with van der Waals surface area (Å²) in [5.41, 5.74) is 3.00. The molecule has 1 aromatic heterocycles. The van der Waals surface area contributed by atoms with Crippen LogP contribution in [-0.4, -0.2) is 18.8 Å². The number of halogens is 1. The lowest BCUT2D eigenvalue weighted by molar-refractivity contribution is 0.404. The monoisotopic (exact) mass is 374 g/mol. The number of hydrogen-bond acceptors (Lipinski definition) is 4. The summed E-state index contributed by atoms with van der Waals surface area (Å²) in [5, 5.41) is 2.62. The van der Waals surface area contributed by atoms with Gasteiger partial charge in [0.05, 0.1) is 24.9 Å². The number of rotatable bonds is 5. The maximum atomic E-state index is 6.18. The van der Waals surface area contributed by atoms with Crippen LogP contribution in [0.25, 0.3) is 11.3 Å². The summed E-state index contributed by atoms with van der Waals surface area (Å²) < 4.78 is 12.9. The molecule has 2 aromatic carbocycles. The summed E-state index contributed by atoms with van der Waals surface area (Å²) in [6, 6.07) is 13.8. The number of methoxy groups -OCH3 is 2. The maximum Gasteiger partial charge on any atom is 0.190 e. The Morgan fingerprint density at radius 3 is 2.44 bits per heavy atom. The molecule has 0 aliphatic heterocycles. The fourth-order valence-corrected chi connectivity index (χ4v) is 3.82. The van der Waals surface area contributed by atoms with Crippen molar-refractivity contribution in [2.24, 2.45) is 4.99 Å². The Bertz CT molecular complexity index is 932. The van der Waals surface area contributed by atoms with Crippen molar-refractivity contribution in [1.29, 1.82) is 0 Å². The van der Waals surface area contributed by atoms with Crippen molar-refractivity contribution in [2.45, 2.75) is 13.5 Å². The molecule has 0 amide bonds. The van der Waals surface area contributed by atoms with E-state index < -0.39 is 0 Å². The summed E-state index contributed by atoms with van der Waals surface area (Å²) in [7, 11) is 3.19. The molecule has 25 heavy (non-hydrogen) atoms. The predicted octanol–water partition coefficient (Wildman–Crippen LogP) is 5.14.